The Hall–Kier alpha value is -3.15. The quantitative estimate of drug-likeness (QED) is 0.658. The van der Waals surface area contributed by atoms with E-state index in [2.05, 4.69) is 0 Å². The van der Waals surface area contributed by atoms with Gasteiger partial charge in [0, 0.05) is 16.8 Å². The van der Waals surface area contributed by atoms with Crippen LogP contribution in [-0.2, 0) is 4.79 Å². The molecule has 2 aromatic rings. The Labute approximate surface area is 143 Å². The van der Waals surface area contributed by atoms with Crippen molar-refractivity contribution in [2.75, 3.05) is 6.61 Å². The first-order valence-electron chi connectivity index (χ1n) is 7.65. The SMILES string of the molecule is CC(C)=CCOc1cc(O)c2c3c(c(O)cc(C)c13)C(=O)C(=O)C2=O. The van der Waals surface area contributed by atoms with E-state index in [4.69, 9.17) is 4.74 Å². The van der Waals surface area contributed by atoms with Crippen LogP contribution < -0.4 is 4.74 Å². The topological polar surface area (TPSA) is 101 Å². The van der Waals surface area contributed by atoms with E-state index >= 15 is 0 Å². The summed E-state index contributed by atoms with van der Waals surface area (Å²) in [6.07, 6.45) is 1.83. The highest BCUT2D eigenvalue weighted by molar-refractivity contribution is 6.74. The molecular weight excluding hydrogens is 324 g/mol. The highest BCUT2D eigenvalue weighted by Crippen LogP contribution is 2.44. The van der Waals surface area contributed by atoms with Gasteiger partial charge in [0.25, 0.3) is 5.78 Å². The molecule has 128 valence electrons. The predicted octanol–water partition coefficient (Wildman–Crippen LogP) is 2.85. The Balaban J connectivity index is 2.38. The van der Waals surface area contributed by atoms with Crippen LogP contribution in [0.2, 0.25) is 0 Å². The van der Waals surface area contributed by atoms with Gasteiger partial charge < -0.3 is 14.9 Å². The number of allylic oxidation sites excluding steroid dienone is 1. The predicted molar refractivity (Wildman–Crippen MR) is 90.6 cm³/mol. The summed E-state index contributed by atoms with van der Waals surface area (Å²) in [6.45, 7) is 5.72. The van der Waals surface area contributed by atoms with Gasteiger partial charge in [-0.3, -0.25) is 14.4 Å². The molecule has 0 saturated carbocycles. The molecule has 6 nitrogen and oxygen atoms in total. The fourth-order valence-electron chi connectivity index (χ4n) is 2.97. The molecule has 0 aromatic heterocycles. The Bertz CT molecular complexity index is 969. The number of ketones is 3. The number of hydrogen-bond acceptors (Lipinski definition) is 6. The zero-order valence-electron chi connectivity index (χ0n) is 14.0. The van der Waals surface area contributed by atoms with Crippen LogP contribution in [-0.4, -0.2) is 34.2 Å². The number of carbonyl (C=O) groups is 3. The zero-order valence-corrected chi connectivity index (χ0v) is 14.0. The van der Waals surface area contributed by atoms with Crippen molar-refractivity contribution < 1.29 is 29.3 Å². The van der Waals surface area contributed by atoms with E-state index in [1.165, 1.54) is 12.1 Å². The van der Waals surface area contributed by atoms with E-state index in [9.17, 15) is 24.6 Å². The molecule has 0 atom stereocenters. The summed E-state index contributed by atoms with van der Waals surface area (Å²) in [5, 5.41) is 20.9. The van der Waals surface area contributed by atoms with Gasteiger partial charge in [0.05, 0.1) is 11.1 Å². The highest BCUT2D eigenvalue weighted by Gasteiger charge is 2.39. The standard InChI is InChI=1S/C19H16O6/c1-8(2)4-5-25-12-7-11(21)15-16-13(12)9(3)6-10(20)14(16)17(22)19(24)18(15)23/h4,6-7,20-21H,5H2,1-3H3. The van der Waals surface area contributed by atoms with Gasteiger partial charge >= 0.3 is 0 Å². The van der Waals surface area contributed by atoms with Crippen LogP contribution in [0.5, 0.6) is 17.2 Å². The summed E-state index contributed by atoms with van der Waals surface area (Å²) in [6, 6.07) is 2.60. The first-order valence-corrected chi connectivity index (χ1v) is 7.65. The molecule has 0 saturated heterocycles. The molecule has 25 heavy (non-hydrogen) atoms. The molecule has 0 aliphatic heterocycles. The van der Waals surface area contributed by atoms with Crippen molar-refractivity contribution in [3.05, 3.63) is 40.5 Å². The molecule has 0 unspecified atom stereocenters. The maximum atomic E-state index is 12.2. The van der Waals surface area contributed by atoms with E-state index < -0.39 is 28.8 Å². The minimum atomic E-state index is -1.28. The molecule has 0 fully saturated rings. The lowest BCUT2D eigenvalue weighted by molar-refractivity contribution is -0.111. The second-order valence-corrected chi connectivity index (χ2v) is 6.19. The largest absolute Gasteiger partial charge is 0.507 e. The summed E-state index contributed by atoms with van der Waals surface area (Å²) in [5.74, 6) is -4.04. The third-order valence-corrected chi connectivity index (χ3v) is 4.12. The van der Waals surface area contributed by atoms with Gasteiger partial charge in [-0.25, -0.2) is 0 Å². The van der Waals surface area contributed by atoms with E-state index in [0.29, 0.717) is 10.9 Å². The summed E-state index contributed by atoms with van der Waals surface area (Å²) < 4.78 is 5.68. The van der Waals surface area contributed by atoms with Gasteiger partial charge in [0.15, 0.2) is 0 Å². The number of hydrogen-bond donors (Lipinski definition) is 2. The monoisotopic (exact) mass is 340 g/mol. The smallest absolute Gasteiger partial charge is 0.274 e. The van der Waals surface area contributed by atoms with Crippen molar-refractivity contribution in [2.45, 2.75) is 20.8 Å². The molecule has 1 aliphatic carbocycles. The summed E-state index contributed by atoms with van der Waals surface area (Å²) >= 11 is 0. The number of phenolic OH excluding ortho intramolecular Hbond substituents is 2. The molecule has 2 aromatic carbocycles. The molecule has 0 amide bonds. The number of carbonyl (C=O) groups excluding carboxylic acids is 3. The molecule has 3 rings (SSSR count). The van der Waals surface area contributed by atoms with Crippen LogP contribution in [0.1, 0.15) is 40.1 Å². The fourth-order valence-corrected chi connectivity index (χ4v) is 2.97. The molecule has 2 N–H and O–H groups in total. The van der Waals surface area contributed by atoms with E-state index in [1.54, 1.807) is 6.92 Å². The second-order valence-electron chi connectivity index (χ2n) is 6.19. The zero-order chi connectivity index (χ0) is 18.5. The van der Waals surface area contributed by atoms with Crippen molar-refractivity contribution in [1.82, 2.24) is 0 Å². The molecule has 0 spiro atoms. The van der Waals surface area contributed by atoms with Crippen LogP contribution in [0.25, 0.3) is 10.8 Å². The van der Waals surface area contributed by atoms with Crippen LogP contribution >= 0.6 is 0 Å². The van der Waals surface area contributed by atoms with E-state index in [-0.39, 0.29) is 28.9 Å². The maximum Gasteiger partial charge on any atom is 0.274 e. The number of phenols is 2. The van der Waals surface area contributed by atoms with Gasteiger partial charge in [0.2, 0.25) is 11.6 Å². The molecule has 0 heterocycles. The summed E-state index contributed by atoms with van der Waals surface area (Å²) in [5.41, 5.74) is 1.04. The number of aromatic hydroxyl groups is 2. The first-order chi connectivity index (χ1) is 11.7. The highest BCUT2D eigenvalue weighted by atomic mass is 16.5. The van der Waals surface area contributed by atoms with Gasteiger partial charge in [-0.1, -0.05) is 5.57 Å². The van der Waals surface area contributed by atoms with E-state index in [0.717, 1.165) is 5.57 Å². The van der Waals surface area contributed by atoms with Crippen molar-refractivity contribution >= 4 is 28.1 Å². The Kier molecular flexibility index (Phi) is 3.83. The molecule has 6 heteroatoms. The van der Waals surface area contributed by atoms with Crippen LogP contribution in [0.15, 0.2) is 23.8 Å². The fraction of sp³-hybridized carbons (Fsp3) is 0.211. The molecule has 0 bridgehead atoms. The minimum absolute atomic E-state index is 0.0549. The van der Waals surface area contributed by atoms with Gasteiger partial charge in [-0.2, -0.15) is 0 Å². The summed E-state index contributed by atoms with van der Waals surface area (Å²) in [7, 11) is 0. The van der Waals surface area contributed by atoms with Crippen molar-refractivity contribution in [3.63, 3.8) is 0 Å². The number of benzene rings is 2. The van der Waals surface area contributed by atoms with Crippen LogP contribution in [0, 0.1) is 6.92 Å². The first kappa shape index (κ1) is 16.7. The number of rotatable bonds is 3. The number of Topliss-reactive ketones (excluding diaryl/α,β-unsaturated/α-hetero) is 3. The van der Waals surface area contributed by atoms with E-state index in [1.807, 2.05) is 19.9 Å². The average Bonchev–Trinajstić information content (AvgIpc) is 2.51. The third-order valence-electron chi connectivity index (χ3n) is 4.12. The Morgan fingerprint density at radius 1 is 0.960 bits per heavy atom. The normalized spacial score (nSPS) is 13.3. The third kappa shape index (κ3) is 2.46. The average molecular weight is 340 g/mol. The lowest BCUT2D eigenvalue weighted by atomic mass is 9.83. The molecule has 1 aliphatic rings. The Morgan fingerprint density at radius 2 is 1.52 bits per heavy atom. The van der Waals surface area contributed by atoms with Crippen molar-refractivity contribution in [1.29, 1.82) is 0 Å². The van der Waals surface area contributed by atoms with Crippen LogP contribution in [0.4, 0.5) is 0 Å². The lowest BCUT2D eigenvalue weighted by Gasteiger charge is -2.20. The van der Waals surface area contributed by atoms with Crippen LogP contribution in [0.3, 0.4) is 0 Å². The number of ether oxygens (including phenoxy) is 1. The lowest BCUT2D eigenvalue weighted by Crippen LogP contribution is -2.29. The Morgan fingerprint density at radius 3 is 2.08 bits per heavy atom. The van der Waals surface area contributed by atoms with Crippen molar-refractivity contribution in [3.8, 4) is 17.2 Å². The minimum Gasteiger partial charge on any atom is -0.507 e. The number of aryl methyl sites for hydroxylation is 1. The van der Waals surface area contributed by atoms with Gasteiger partial charge in [0.1, 0.15) is 23.9 Å². The van der Waals surface area contributed by atoms with Crippen molar-refractivity contribution in [2.24, 2.45) is 0 Å². The molecule has 0 radical (unpaired) electrons. The second kappa shape index (κ2) is 5.73. The van der Waals surface area contributed by atoms with Gasteiger partial charge in [-0.15, -0.1) is 0 Å². The van der Waals surface area contributed by atoms with Gasteiger partial charge in [-0.05, 0) is 38.5 Å². The maximum absolute atomic E-state index is 12.2. The molecular formula is C19H16O6. The summed E-state index contributed by atoms with van der Waals surface area (Å²) in [4.78, 5) is 36.3.